The summed E-state index contributed by atoms with van der Waals surface area (Å²) in [5, 5.41) is 6.47. The van der Waals surface area contributed by atoms with E-state index in [1.54, 1.807) is 49.6 Å². The Morgan fingerprint density at radius 3 is 2.46 bits per heavy atom. The van der Waals surface area contributed by atoms with Crippen molar-refractivity contribution in [1.82, 2.24) is 24.8 Å². The summed E-state index contributed by atoms with van der Waals surface area (Å²) in [7, 11) is -3.92. The Kier molecular flexibility index (Phi) is 11.0. The van der Waals surface area contributed by atoms with Gasteiger partial charge in [0.05, 0.1) is 11.8 Å². The number of sulfonamides is 1. The van der Waals surface area contributed by atoms with Gasteiger partial charge < -0.3 is 25.0 Å². The maximum atomic E-state index is 14.7. The van der Waals surface area contributed by atoms with E-state index in [0.29, 0.717) is 41.6 Å². The maximum Gasteiger partial charge on any atom is 0.408 e. The lowest BCUT2D eigenvalue weighted by atomic mass is 9.85. The van der Waals surface area contributed by atoms with Gasteiger partial charge >= 0.3 is 6.09 Å². The summed E-state index contributed by atoms with van der Waals surface area (Å²) >= 11 is 6.33. The van der Waals surface area contributed by atoms with Crippen LogP contribution in [0.25, 0.3) is 10.8 Å². The highest BCUT2D eigenvalue weighted by atomic mass is 35.5. The van der Waals surface area contributed by atoms with Crippen molar-refractivity contribution in [3.63, 3.8) is 0 Å². The molecule has 5 aliphatic rings. The number of hydrogen-bond acceptors (Lipinski definition) is 9. The molecule has 0 unspecified atom stereocenters. The monoisotopic (exact) mass is 813 g/mol. The lowest BCUT2D eigenvalue weighted by molar-refractivity contribution is -0.143. The van der Waals surface area contributed by atoms with Crippen LogP contribution in [0.5, 0.6) is 5.88 Å². The molecule has 3 aliphatic carbocycles. The molecule has 1 aromatic heterocycles. The van der Waals surface area contributed by atoms with Gasteiger partial charge in [-0.1, -0.05) is 51.3 Å². The Hall–Kier alpha value is -4.11. The van der Waals surface area contributed by atoms with Crippen LogP contribution < -0.4 is 25.7 Å². The van der Waals surface area contributed by atoms with E-state index in [9.17, 15) is 32.4 Å². The second-order valence-electron chi connectivity index (χ2n) is 17.3. The van der Waals surface area contributed by atoms with Gasteiger partial charge in [0.2, 0.25) is 21.8 Å². The van der Waals surface area contributed by atoms with Gasteiger partial charge in [0.25, 0.3) is 11.5 Å². The average Bonchev–Trinajstić information content (AvgIpc) is 4.02. The van der Waals surface area contributed by atoms with Crippen molar-refractivity contribution < 1.29 is 37.1 Å². The second-order valence-corrected chi connectivity index (χ2v) is 19.7. The molecule has 4 amide bonds. The molecule has 3 saturated carbocycles. The van der Waals surface area contributed by atoms with Crippen LogP contribution in [0.4, 0.5) is 4.79 Å². The number of halogens is 1. The van der Waals surface area contributed by atoms with Gasteiger partial charge in [-0.25, -0.2) is 13.2 Å². The Morgan fingerprint density at radius 1 is 1.02 bits per heavy atom. The minimum absolute atomic E-state index is 0.0265. The van der Waals surface area contributed by atoms with Crippen molar-refractivity contribution in [2.24, 2.45) is 17.3 Å². The van der Waals surface area contributed by atoms with E-state index in [0.717, 1.165) is 38.5 Å². The number of hydrogen-bond donors (Lipinski definition) is 3. The number of nitrogens with one attached hydrogen (secondary N) is 3. The standard InChI is InChI=1S/C40H52ClN5O9S/c1-5-25-21-40(25,37(50)44-56(52,53)28-14-15-28)43-34(47)30-20-27-22-46(30)36(49)33(39(2,3)4)42-38(51)55-31-12-9-11-23(31)10-7-6-8-17-45-32(54-27)19-24-18-26(41)13-16-29(24)35(45)48/h5,13,16,18-19,23,25,27-28,30-31,33H,1,6-12,14-15,17,20-22H2,2-4H3,(H,42,51)(H,43,47)(H,44,50)/t23-,25-,27-,30+,31-,33-,40-/m1/s1. The predicted octanol–water partition coefficient (Wildman–Crippen LogP) is 4.56. The fourth-order valence-electron chi connectivity index (χ4n) is 8.62. The lowest BCUT2D eigenvalue weighted by Crippen LogP contribution is -2.60. The SMILES string of the molecule is C=C[C@@H]1C[C@]1(NC(=O)[C@@H]1C[C@@H]2CN1C(=O)[C@H](C(C)(C)C)NC(=O)O[C@@H]1CCC[C@H]1CCCCCn1c(cc3cc(Cl)ccc3c1=O)O2)C(=O)NS(=O)(=O)C1CC1. The summed E-state index contributed by atoms with van der Waals surface area (Å²) in [4.78, 5) is 71.5. The number of ether oxygens (including phenoxy) is 2. The Morgan fingerprint density at radius 2 is 1.77 bits per heavy atom. The first-order valence-corrected chi connectivity index (χ1v) is 21.7. The minimum atomic E-state index is -3.92. The summed E-state index contributed by atoms with van der Waals surface area (Å²) < 4.78 is 41.8. The predicted molar refractivity (Wildman–Crippen MR) is 209 cm³/mol. The van der Waals surface area contributed by atoms with Crippen LogP contribution in [0.1, 0.15) is 91.4 Å². The number of carbonyl (C=O) groups is 4. The molecular formula is C40H52ClN5O9S. The Bertz CT molecular complexity index is 2100. The van der Waals surface area contributed by atoms with Crippen molar-refractivity contribution in [3.8, 4) is 5.88 Å². The molecule has 2 aliphatic heterocycles. The Balaban J connectivity index is 1.24. The summed E-state index contributed by atoms with van der Waals surface area (Å²) in [5.74, 6) is -2.20. The molecule has 0 spiro atoms. The smallest absolute Gasteiger partial charge is 0.408 e. The van der Waals surface area contributed by atoms with Gasteiger partial charge in [0.15, 0.2) is 5.88 Å². The van der Waals surface area contributed by atoms with Gasteiger partial charge in [-0.05, 0) is 86.3 Å². The third-order valence-electron chi connectivity index (χ3n) is 12.1. The zero-order chi connectivity index (χ0) is 40.2. The molecule has 7 rings (SSSR count). The van der Waals surface area contributed by atoms with E-state index in [4.69, 9.17) is 21.1 Å². The Labute approximate surface area is 332 Å². The number of rotatable bonds is 6. The molecule has 2 aromatic rings. The molecule has 0 radical (unpaired) electrons. The maximum absolute atomic E-state index is 14.7. The largest absolute Gasteiger partial charge is 0.473 e. The highest BCUT2D eigenvalue weighted by Gasteiger charge is 2.62. The van der Waals surface area contributed by atoms with Crippen LogP contribution in [0.15, 0.2) is 41.7 Å². The molecule has 14 nitrogen and oxygen atoms in total. The van der Waals surface area contributed by atoms with Crippen LogP contribution >= 0.6 is 11.6 Å². The summed E-state index contributed by atoms with van der Waals surface area (Å²) in [5.41, 5.74) is -2.66. The molecule has 16 heteroatoms. The molecule has 304 valence electrons. The summed E-state index contributed by atoms with van der Waals surface area (Å²) in [6, 6.07) is 4.48. The van der Waals surface area contributed by atoms with Gasteiger partial charge in [-0.15, -0.1) is 6.58 Å². The number of alkyl carbamates (subject to hydrolysis) is 1. The van der Waals surface area contributed by atoms with Gasteiger partial charge in [-0.2, -0.15) is 0 Å². The van der Waals surface area contributed by atoms with Gasteiger partial charge in [0, 0.05) is 35.4 Å². The summed E-state index contributed by atoms with van der Waals surface area (Å²) in [6.45, 7) is 9.47. The first-order chi connectivity index (χ1) is 26.5. The van der Waals surface area contributed by atoms with Gasteiger partial charge in [0.1, 0.15) is 29.8 Å². The van der Waals surface area contributed by atoms with E-state index >= 15 is 0 Å². The fraction of sp³-hybridized carbons (Fsp3) is 0.625. The van der Waals surface area contributed by atoms with Gasteiger partial charge in [-0.3, -0.25) is 28.5 Å². The van der Waals surface area contributed by atoms with E-state index in [2.05, 4.69) is 21.9 Å². The minimum Gasteiger partial charge on any atom is -0.473 e. The first kappa shape index (κ1) is 40.1. The normalized spacial score (nSPS) is 30.1. The number of amides is 4. The summed E-state index contributed by atoms with van der Waals surface area (Å²) in [6.07, 6.45) is 6.54. The topological polar surface area (TPSA) is 182 Å². The van der Waals surface area contributed by atoms with E-state index < -0.39 is 74.1 Å². The first-order valence-electron chi connectivity index (χ1n) is 19.8. The number of fused-ring (bicyclic) bond motifs is 5. The third-order valence-corrected chi connectivity index (χ3v) is 14.2. The van der Waals surface area contributed by atoms with E-state index in [1.165, 1.54) is 11.0 Å². The molecule has 7 atom stereocenters. The molecule has 1 aromatic carbocycles. The molecule has 1 saturated heterocycles. The average molecular weight is 814 g/mol. The van der Waals surface area contributed by atoms with Crippen LogP contribution in [0.3, 0.4) is 0 Å². The van der Waals surface area contributed by atoms with Crippen LogP contribution in [-0.2, 0) is 35.7 Å². The second kappa shape index (κ2) is 15.3. The third kappa shape index (κ3) is 8.16. The lowest BCUT2D eigenvalue weighted by Gasteiger charge is -2.35. The zero-order valence-corrected chi connectivity index (χ0v) is 33.8. The van der Waals surface area contributed by atoms with Crippen LogP contribution in [-0.4, -0.2) is 83.3 Å². The van der Waals surface area contributed by atoms with Crippen molar-refractivity contribution in [1.29, 1.82) is 0 Å². The van der Waals surface area contributed by atoms with Crippen molar-refractivity contribution in [2.75, 3.05) is 6.54 Å². The van der Waals surface area contributed by atoms with Crippen molar-refractivity contribution in [2.45, 2.75) is 133 Å². The number of carbonyl (C=O) groups excluding carboxylic acids is 4. The highest BCUT2D eigenvalue weighted by molar-refractivity contribution is 7.91. The number of aromatic nitrogens is 1. The molecular weight excluding hydrogens is 762 g/mol. The quantitative estimate of drug-likeness (QED) is 0.353. The van der Waals surface area contributed by atoms with E-state index in [-0.39, 0.29) is 42.8 Å². The number of pyridine rings is 1. The molecule has 4 fully saturated rings. The van der Waals surface area contributed by atoms with Crippen molar-refractivity contribution >= 4 is 56.2 Å². The zero-order valence-electron chi connectivity index (χ0n) is 32.2. The van der Waals surface area contributed by atoms with Crippen LogP contribution in [0.2, 0.25) is 5.02 Å². The highest BCUT2D eigenvalue weighted by Crippen LogP contribution is 2.45. The van der Waals surface area contributed by atoms with Crippen LogP contribution in [0, 0.1) is 17.3 Å². The number of nitrogens with zero attached hydrogens (tertiary/aromatic N) is 2. The molecule has 2 bridgehead atoms. The molecule has 56 heavy (non-hydrogen) atoms. The molecule has 3 heterocycles. The fourth-order valence-corrected chi connectivity index (χ4v) is 10.2. The number of benzene rings is 1. The van der Waals surface area contributed by atoms with Crippen molar-refractivity contribution in [3.05, 3.63) is 52.3 Å². The van der Waals surface area contributed by atoms with E-state index in [1.807, 2.05) is 0 Å². The molecule has 3 N–H and O–H groups in total.